The summed E-state index contributed by atoms with van der Waals surface area (Å²) in [4.78, 5) is 0. The summed E-state index contributed by atoms with van der Waals surface area (Å²) in [6.45, 7) is 2.73. The molecule has 1 fully saturated rings. The van der Waals surface area contributed by atoms with E-state index in [1.54, 1.807) is 0 Å². The topological polar surface area (TPSA) is 35.2 Å². The number of hydrogen-bond donors (Lipinski definition) is 1. The van der Waals surface area contributed by atoms with Crippen molar-refractivity contribution in [1.82, 2.24) is 0 Å². The number of rotatable bonds is 4. The minimum atomic E-state index is -0.516. The van der Waals surface area contributed by atoms with Crippen LogP contribution < -0.4 is 5.73 Å². The van der Waals surface area contributed by atoms with Gasteiger partial charge < -0.3 is 10.5 Å². The van der Waals surface area contributed by atoms with Gasteiger partial charge in [-0.15, -0.1) is 0 Å². The highest BCUT2D eigenvalue weighted by atomic mass is 19.1. The Bertz CT molecular complexity index is 391. The van der Waals surface area contributed by atoms with E-state index in [2.05, 4.69) is 0 Å². The smallest absolute Gasteiger partial charge is 0.129 e. The van der Waals surface area contributed by atoms with Crippen molar-refractivity contribution in [3.63, 3.8) is 0 Å². The molecular formula is C14H19F2NO. The van der Waals surface area contributed by atoms with Crippen molar-refractivity contribution in [2.24, 2.45) is 11.7 Å². The Hall–Kier alpha value is -1.00. The van der Waals surface area contributed by atoms with Crippen LogP contribution in [0.15, 0.2) is 18.2 Å². The molecule has 1 heterocycles. The average Bonchev–Trinajstić information content (AvgIpc) is 2.82. The van der Waals surface area contributed by atoms with E-state index in [1.165, 1.54) is 18.2 Å². The van der Waals surface area contributed by atoms with Gasteiger partial charge in [0.2, 0.25) is 0 Å². The number of hydrogen-bond acceptors (Lipinski definition) is 2. The first-order chi connectivity index (χ1) is 8.63. The lowest BCUT2D eigenvalue weighted by Crippen LogP contribution is -2.37. The van der Waals surface area contributed by atoms with Crippen LogP contribution >= 0.6 is 0 Å². The summed E-state index contributed by atoms with van der Waals surface area (Å²) in [5, 5.41) is 0. The predicted molar refractivity (Wildman–Crippen MR) is 66.2 cm³/mol. The van der Waals surface area contributed by atoms with Crippen molar-refractivity contribution in [3.8, 4) is 0 Å². The Balaban J connectivity index is 2.09. The zero-order valence-corrected chi connectivity index (χ0v) is 10.5. The van der Waals surface area contributed by atoms with E-state index in [1.807, 2.05) is 6.92 Å². The predicted octanol–water partition coefficient (Wildman–Crippen LogP) is 2.65. The Morgan fingerprint density at radius 1 is 1.39 bits per heavy atom. The molecule has 4 heteroatoms. The molecule has 1 aromatic rings. The Labute approximate surface area is 106 Å². The summed E-state index contributed by atoms with van der Waals surface area (Å²) in [7, 11) is 0. The van der Waals surface area contributed by atoms with Crippen molar-refractivity contribution in [1.29, 1.82) is 0 Å². The van der Waals surface area contributed by atoms with Crippen molar-refractivity contribution < 1.29 is 13.5 Å². The maximum atomic E-state index is 13.5. The first kappa shape index (κ1) is 13.4. The summed E-state index contributed by atoms with van der Waals surface area (Å²) in [6, 6.07) is 3.65. The van der Waals surface area contributed by atoms with Gasteiger partial charge in [-0.2, -0.15) is 0 Å². The van der Waals surface area contributed by atoms with Gasteiger partial charge in [-0.25, -0.2) is 8.78 Å². The summed E-state index contributed by atoms with van der Waals surface area (Å²) >= 11 is 0. The normalized spacial score (nSPS) is 25.3. The molecule has 0 spiro atoms. The lowest BCUT2D eigenvalue weighted by atomic mass is 9.88. The first-order valence-electron chi connectivity index (χ1n) is 6.43. The van der Waals surface area contributed by atoms with Gasteiger partial charge in [0.15, 0.2) is 0 Å². The fraction of sp³-hybridized carbons (Fsp3) is 0.571. The Morgan fingerprint density at radius 2 is 2.06 bits per heavy atom. The molecule has 0 bridgehead atoms. The highest BCUT2D eigenvalue weighted by Gasteiger charge is 2.32. The second-order valence-corrected chi connectivity index (χ2v) is 4.84. The van der Waals surface area contributed by atoms with Crippen LogP contribution in [0.1, 0.15) is 25.3 Å². The number of nitrogens with two attached hydrogens (primary N) is 1. The molecule has 18 heavy (non-hydrogen) atoms. The molecule has 0 amide bonds. The summed E-state index contributed by atoms with van der Waals surface area (Å²) in [5.41, 5.74) is 6.19. The monoisotopic (exact) mass is 255 g/mol. The standard InChI is InChI=1S/C14H19F2NO/c1-2-14-9(6-7-18-14)13(17)8-10-11(15)4-3-5-12(10)16/h3-5,9,13-14H,2,6-8,17H2,1H3. The van der Waals surface area contributed by atoms with Crippen LogP contribution in [0.5, 0.6) is 0 Å². The van der Waals surface area contributed by atoms with Gasteiger partial charge in [0.25, 0.3) is 0 Å². The SMILES string of the molecule is CCC1OCCC1C(N)Cc1c(F)cccc1F. The third-order valence-corrected chi connectivity index (χ3v) is 3.71. The van der Waals surface area contributed by atoms with Crippen molar-refractivity contribution in [3.05, 3.63) is 35.4 Å². The van der Waals surface area contributed by atoms with Gasteiger partial charge in [0, 0.05) is 24.1 Å². The highest BCUT2D eigenvalue weighted by molar-refractivity contribution is 5.21. The van der Waals surface area contributed by atoms with E-state index in [9.17, 15) is 8.78 Å². The number of ether oxygens (including phenoxy) is 1. The summed E-state index contributed by atoms with van der Waals surface area (Å²) in [6.07, 6.45) is 2.10. The molecule has 0 radical (unpaired) electrons. The molecule has 3 unspecified atom stereocenters. The lowest BCUT2D eigenvalue weighted by molar-refractivity contribution is 0.0812. The van der Waals surface area contributed by atoms with E-state index in [0.717, 1.165) is 12.8 Å². The zero-order valence-electron chi connectivity index (χ0n) is 10.5. The second kappa shape index (κ2) is 5.76. The quantitative estimate of drug-likeness (QED) is 0.897. The molecule has 1 saturated heterocycles. The van der Waals surface area contributed by atoms with E-state index in [-0.39, 0.29) is 30.0 Å². The molecule has 0 saturated carbocycles. The Morgan fingerprint density at radius 3 is 2.67 bits per heavy atom. The van der Waals surface area contributed by atoms with Gasteiger partial charge in [0.05, 0.1) is 6.10 Å². The molecule has 1 aromatic carbocycles. The fourth-order valence-electron chi connectivity index (χ4n) is 2.69. The first-order valence-corrected chi connectivity index (χ1v) is 6.43. The second-order valence-electron chi connectivity index (χ2n) is 4.84. The molecule has 0 aromatic heterocycles. The molecule has 2 N–H and O–H groups in total. The maximum Gasteiger partial charge on any atom is 0.129 e. The minimum Gasteiger partial charge on any atom is -0.378 e. The molecule has 100 valence electrons. The van der Waals surface area contributed by atoms with E-state index in [0.29, 0.717) is 6.61 Å². The van der Waals surface area contributed by atoms with E-state index >= 15 is 0 Å². The average molecular weight is 255 g/mol. The molecule has 2 rings (SSSR count). The molecular weight excluding hydrogens is 236 g/mol. The van der Waals surface area contributed by atoms with Crippen LogP contribution in [0.3, 0.4) is 0 Å². The van der Waals surface area contributed by atoms with Gasteiger partial charge in [-0.05, 0) is 31.4 Å². The van der Waals surface area contributed by atoms with E-state index < -0.39 is 11.6 Å². The van der Waals surface area contributed by atoms with Crippen molar-refractivity contribution in [2.45, 2.75) is 38.3 Å². The number of benzene rings is 1. The molecule has 2 nitrogen and oxygen atoms in total. The van der Waals surface area contributed by atoms with Crippen molar-refractivity contribution >= 4 is 0 Å². The summed E-state index contributed by atoms with van der Waals surface area (Å²) < 4.78 is 32.7. The fourth-order valence-corrected chi connectivity index (χ4v) is 2.69. The van der Waals surface area contributed by atoms with Gasteiger partial charge in [0.1, 0.15) is 11.6 Å². The van der Waals surface area contributed by atoms with Crippen LogP contribution in [0.2, 0.25) is 0 Å². The third kappa shape index (κ3) is 2.70. The molecule has 0 aliphatic carbocycles. The van der Waals surface area contributed by atoms with Crippen LogP contribution in [0.4, 0.5) is 8.78 Å². The maximum absolute atomic E-state index is 13.5. The van der Waals surface area contributed by atoms with Crippen LogP contribution in [0.25, 0.3) is 0 Å². The lowest BCUT2D eigenvalue weighted by Gasteiger charge is -2.24. The van der Waals surface area contributed by atoms with Gasteiger partial charge >= 0.3 is 0 Å². The zero-order chi connectivity index (χ0) is 13.1. The van der Waals surface area contributed by atoms with Crippen molar-refractivity contribution in [2.75, 3.05) is 6.61 Å². The molecule has 3 atom stereocenters. The number of halogens is 2. The Kier molecular flexibility index (Phi) is 4.30. The van der Waals surface area contributed by atoms with Gasteiger partial charge in [-0.1, -0.05) is 13.0 Å². The van der Waals surface area contributed by atoms with Crippen LogP contribution in [-0.2, 0) is 11.2 Å². The minimum absolute atomic E-state index is 0.0896. The summed E-state index contributed by atoms with van der Waals surface area (Å²) in [5.74, 6) is -0.844. The molecule has 1 aliphatic rings. The molecule has 1 aliphatic heterocycles. The van der Waals surface area contributed by atoms with E-state index in [4.69, 9.17) is 10.5 Å². The highest BCUT2D eigenvalue weighted by Crippen LogP contribution is 2.28. The van der Waals surface area contributed by atoms with Crippen LogP contribution in [0, 0.1) is 17.6 Å². The van der Waals surface area contributed by atoms with Gasteiger partial charge in [-0.3, -0.25) is 0 Å². The van der Waals surface area contributed by atoms with Crippen LogP contribution in [-0.4, -0.2) is 18.8 Å². The third-order valence-electron chi connectivity index (χ3n) is 3.71. The largest absolute Gasteiger partial charge is 0.378 e.